The fraction of sp³-hybridized carbons (Fsp3) is 0.350. The molecule has 2 rings (SSSR count). The van der Waals surface area contributed by atoms with E-state index in [9.17, 15) is 9.90 Å². The first kappa shape index (κ1) is 19.9. The predicted octanol–water partition coefficient (Wildman–Crippen LogP) is 2.37. The van der Waals surface area contributed by atoms with Crippen LogP contribution in [0.3, 0.4) is 0 Å². The van der Waals surface area contributed by atoms with Gasteiger partial charge < -0.3 is 28.8 Å². The van der Waals surface area contributed by atoms with E-state index in [0.29, 0.717) is 12.9 Å². The summed E-state index contributed by atoms with van der Waals surface area (Å²) in [6.45, 7) is 0.534. The SMILES string of the molecule is COc1ccc(COC[C@H](O)[C@@H](C=O)OCc2ccc(OC)cc2)cc1. The van der Waals surface area contributed by atoms with Crippen molar-refractivity contribution in [2.24, 2.45) is 0 Å². The van der Waals surface area contributed by atoms with Gasteiger partial charge >= 0.3 is 0 Å². The van der Waals surface area contributed by atoms with Gasteiger partial charge in [0, 0.05) is 0 Å². The second-order valence-electron chi connectivity index (χ2n) is 5.69. The number of ether oxygens (including phenoxy) is 4. The number of aliphatic hydroxyl groups is 1. The molecule has 1 N–H and O–H groups in total. The number of hydrogen-bond acceptors (Lipinski definition) is 6. The first-order valence-electron chi connectivity index (χ1n) is 8.25. The summed E-state index contributed by atoms with van der Waals surface area (Å²) in [4.78, 5) is 11.2. The molecule has 26 heavy (non-hydrogen) atoms. The van der Waals surface area contributed by atoms with E-state index >= 15 is 0 Å². The van der Waals surface area contributed by atoms with Gasteiger partial charge in [-0.3, -0.25) is 0 Å². The van der Waals surface area contributed by atoms with Crippen LogP contribution in [0.4, 0.5) is 0 Å². The lowest BCUT2D eigenvalue weighted by atomic mass is 10.2. The minimum absolute atomic E-state index is 0.00194. The van der Waals surface area contributed by atoms with Gasteiger partial charge in [0.1, 0.15) is 23.7 Å². The van der Waals surface area contributed by atoms with Gasteiger partial charge in [-0.05, 0) is 35.4 Å². The van der Waals surface area contributed by atoms with Crippen molar-refractivity contribution in [3.8, 4) is 11.5 Å². The molecule has 2 aromatic rings. The van der Waals surface area contributed by atoms with E-state index in [1.54, 1.807) is 14.2 Å². The lowest BCUT2D eigenvalue weighted by Gasteiger charge is -2.18. The number of benzene rings is 2. The molecular formula is C20H24O6. The molecule has 0 saturated heterocycles. The first-order valence-corrected chi connectivity index (χ1v) is 8.25. The lowest BCUT2D eigenvalue weighted by Crippen LogP contribution is -2.34. The van der Waals surface area contributed by atoms with E-state index < -0.39 is 12.2 Å². The Morgan fingerprint density at radius 2 is 1.38 bits per heavy atom. The number of rotatable bonds is 11. The van der Waals surface area contributed by atoms with Gasteiger partial charge in [0.25, 0.3) is 0 Å². The highest BCUT2D eigenvalue weighted by Gasteiger charge is 2.19. The summed E-state index contributed by atoms with van der Waals surface area (Å²) in [6, 6.07) is 14.7. The molecule has 0 fully saturated rings. The first-order chi connectivity index (χ1) is 12.7. The van der Waals surface area contributed by atoms with Crippen molar-refractivity contribution < 1.29 is 28.8 Å². The van der Waals surface area contributed by atoms with Gasteiger partial charge in [-0.2, -0.15) is 0 Å². The minimum atomic E-state index is -1.04. The van der Waals surface area contributed by atoms with Crippen molar-refractivity contribution in [2.45, 2.75) is 25.4 Å². The van der Waals surface area contributed by atoms with Crippen LogP contribution in [0.5, 0.6) is 11.5 Å². The van der Waals surface area contributed by atoms with Crippen molar-refractivity contribution >= 4 is 6.29 Å². The quantitative estimate of drug-likeness (QED) is 0.620. The molecule has 2 atom stereocenters. The third-order valence-electron chi connectivity index (χ3n) is 3.83. The van der Waals surface area contributed by atoms with Crippen LogP contribution in [-0.4, -0.2) is 44.4 Å². The summed E-state index contributed by atoms with van der Waals surface area (Å²) in [6.07, 6.45) is -1.40. The zero-order chi connectivity index (χ0) is 18.8. The van der Waals surface area contributed by atoms with Crippen LogP contribution in [0.2, 0.25) is 0 Å². The Morgan fingerprint density at radius 3 is 1.85 bits per heavy atom. The van der Waals surface area contributed by atoms with Crippen molar-refractivity contribution in [3.05, 3.63) is 59.7 Å². The van der Waals surface area contributed by atoms with Crippen LogP contribution in [0, 0.1) is 0 Å². The standard InChI is InChI=1S/C20H24O6/c1-23-17-7-3-15(4-8-17)12-25-14-19(22)20(11-21)26-13-16-5-9-18(24-2)10-6-16/h3-11,19-20,22H,12-14H2,1-2H3/t19-,20+/m0/s1. The average Bonchev–Trinajstić information content (AvgIpc) is 2.69. The monoisotopic (exact) mass is 360 g/mol. The maximum atomic E-state index is 11.2. The van der Waals surface area contributed by atoms with Gasteiger partial charge in [-0.25, -0.2) is 0 Å². The minimum Gasteiger partial charge on any atom is -0.497 e. The molecule has 140 valence electrons. The molecule has 0 spiro atoms. The van der Waals surface area contributed by atoms with Crippen LogP contribution >= 0.6 is 0 Å². The smallest absolute Gasteiger partial charge is 0.151 e. The normalized spacial score (nSPS) is 13.0. The molecule has 2 aromatic carbocycles. The number of hydrogen-bond donors (Lipinski definition) is 1. The second-order valence-corrected chi connectivity index (χ2v) is 5.69. The van der Waals surface area contributed by atoms with E-state index in [0.717, 1.165) is 22.6 Å². The maximum Gasteiger partial charge on any atom is 0.151 e. The summed E-state index contributed by atoms with van der Waals surface area (Å²) in [5.74, 6) is 1.51. The Kier molecular flexibility index (Phi) is 8.08. The molecule has 0 unspecified atom stereocenters. The zero-order valence-corrected chi connectivity index (χ0v) is 15.0. The summed E-state index contributed by atoms with van der Waals surface area (Å²) >= 11 is 0. The topological polar surface area (TPSA) is 74.2 Å². The van der Waals surface area contributed by atoms with Crippen molar-refractivity contribution in [1.29, 1.82) is 0 Å². The van der Waals surface area contributed by atoms with Crippen LogP contribution in [0.1, 0.15) is 11.1 Å². The predicted molar refractivity (Wildman–Crippen MR) is 96.3 cm³/mol. The molecule has 0 heterocycles. The van der Waals surface area contributed by atoms with Gasteiger partial charge in [-0.15, -0.1) is 0 Å². The van der Waals surface area contributed by atoms with Crippen LogP contribution in [0.15, 0.2) is 48.5 Å². The molecule has 0 amide bonds. The molecule has 0 bridgehead atoms. The van der Waals surface area contributed by atoms with E-state index in [1.807, 2.05) is 48.5 Å². The van der Waals surface area contributed by atoms with Crippen molar-refractivity contribution in [3.63, 3.8) is 0 Å². The van der Waals surface area contributed by atoms with Gasteiger partial charge in [0.05, 0.1) is 34.0 Å². The molecule has 0 aromatic heterocycles. The Morgan fingerprint density at radius 1 is 0.885 bits per heavy atom. The number of methoxy groups -OCH3 is 2. The molecule has 0 radical (unpaired) electrons. The number of carbonyl (C=O) groups is 1. The number of aliphatic hydroxyl groups excluding tert-OH is 1. The Labute approximate surface area is 153 Å². The molecule has 6 heteroatoms. The summed E-state index contributed by atoms with van der Waals surface area (Å²) in [7, 11) is 3.20. The largest absolute Gasteiger partial charge is 0.497 e. The van der Waals surface area contributed by atoms with E-state index in [1.165, 1.54) is 0 Å². The molecule has 0 saturated carbocycles. The summed E-state index contributed by atoms with van der Waals surface area (Å²) in [5.41, 5.74) is 1.82. The fourth-order valence-corrected chi connectivity index (χ4v) is 2.27. The molecule has 0 aliphatic rings. The van der Waals surface area contributed by atoms with Gasteiger partial charge in [0.15, 0.2) is 6.29 Å². The van der Waals surface area contributed by atoms with Gasteiger partial charge in [0.2, 0.25) is 0 Å². The second kappa shape index (κ2) is 10.6. The number of carbonyl (C=O) groups excluding carboxylic acids is 1. The maximum absolute atomic E-state index is 11.2. The zero-order valence-electron chi connectivity index (χ0n) is 15.0. The molecule has 0 aliphatic carbocycles. The molecule has 0 aliphatic heterocycles. The Hall–Kier alpha value is -2.41. The van der Waals surface area contributed by atoms with Crippen LogP contribution < -0.4 is 9.47 Å². The third kappa shape index (κ3) is 6.15. The highest BCUT2D eigenvalue weighted by atomic mass is 16.5. The highest BCUT2D eigenvalue weighted by Crippen LogP contribution is 2.14. The fourth-order valence-electron chi connectivity index (χ4n) is 2.27. The molecular weight excluding hydrogens is 336 g/mol. The van der Waals surface area contributed by atoms with Gasteiger partial charge in [-0.1, -0.05) is 24.3 Å². The summed E-state index contributed by atoms with van der Waals surface area (Å²) in [5, 5.41) is 10.1. The van der Waals surface area contributed by atoms with Crippen molar-refractivity contribution in [2.75, 3.05) is 20.8 Å². The Bertz CT molecular complexity index is 653. The highest BCUT2D eigenvalue weighted by molar-refractivity contribution is 5.57. The average molecular weight is 360 g/mol. The third-order valence-corrected chi connectivity index (χ3v) is 3.83. The summed E-state index contributed by atoms with van der Waals surface area (Å²) < 4.78 is 21.1. The Balaban J connectivity index is 1.75. The van der Waals surface area contributed by atoms with E-state index in [4.69, 9.17) is 18.9 Å². The van der Waals surface area contributed by atoms with Crippen molar-refractivity contribution in [1.82, 2.24) is 0 Å². The van der Waals surface area contributed by atoms with E-state index in [-0.39, 0.29) is 13.2 Å². The van der Waals surface area contributed by atoms with E-state index in [2.05, 4.69) is 0 Å². The van der Waals surface area contributed by atoms with Crippen LogP contribution in [0.25, 0.3) is 0 Å². The molecule has 6 nitrogen and oxygen atoms in total. The van der Waals surface area contributed by atoms with Crippen LogP contribution in [-0.2, 0) is 27.5 Å². The lowest BCUT2D eigenvalue weighted by molar-refractivity contribution is -0.131. The number of aldehydes is 1.